The van der Waals surface area contributed by atoms with Crippen LogP contribution in [0.4, 0.5) is 0 Å². The van der Waals surface area contributed by atoms with E-state index in [0.717, 1.165) is 12.0 Å². The van der Waals surface area contributed by atoms with Crippen LogP contribution in [0.2, 0.25) is 0 Å². The van der Waals surface area contributed by atoms with E-state index in [2.05, 4.69) is 56.8 Å². The van der Waals surface area contributed by atoms with Crippen LogP contribution in [-0.2, 0) is 6.42 Å². The highest BCUT2D eigenvalue weighted by Gasteiger charge is 2.03. The summed E-state index contributed by atoms with van der Waals surface area (Å²) < 4.78 is 0. The first kappa shape index (κ1) is 9.97. The molecule has 0 heteroatoms. The number of allylic oxidation sites excluding steroid dienone is 1. The van der Waals surface area contributed by atoms with Gasteiger partial charge in [0.2, 0.25) is 0 Å². The number of benzene rings is 2. The first-order valence-electron chi connectivity index (χ1n) is 5.40. The summed E-state index contributed by atoms with van der Waals surface area (Å²) in [6, 6.07) is 13.0. The van der Waals surface area contributed by atoms with E-state index in [4.69, 9.17) is 0 Å². The van der Waals surface area contributed by atoms with E-state index < -0.39 is 0 Å². The van der Waals surface area contributed by atoms with Crippen molar-refractivity contribution in [3.63, 3.8) is 0 Å². The van der Waals surface area contributed by atoms with Crippen LogP contribution in [0.15, 0.2) is 43.0 Å². The molecule has 0 heterocycles. The molecule has 0 aliphatic rings. The molecule has 0 aliphatic heterocycles. The molecule has 2 aromatic rings. The van der Waals surface area contributed by atoms with Gasteiger partial charge in [-0.15, -0.1) is 0 Å². The van der Waals surface area contributed by atoms with Crippen molar-refractivity contribution < 1.29 is 0 Å². The minimum Gasteiger partial charge on any atom is -0.0955 e. The molecule has 0 fully saturated rings. The number of aryl methyl sites for hydroxylation is 1. The lowest BCUT2D eigenvalue weighted by molar-refractivity contribution is 1.14. The van der Waals surface area contributed by atoms with Crippen molar-refractivity contribution in [1.82, 2.24) is 0 Å². The van der Waals surface area contributed by atoms with E-state index >= 15 is 0 Å². The fraction of sp³-hybridized carbons (Fsp3) is 0.200. The Morgan fingerprint density at radius 1 is 1.20 bits per heavy atom. The molecule has 0 saturated heterocycles. The molecule has 0 aliphatic carbocycles. The van der Waals surface area contributed by atoms with Crippen LogP contribution >= 0.6 is 0 Å². The lowest BCUT2D eigenvalue weighted by atomic mass is 9.96. The Labute approximate surface area is 91.2 Å². The van der Waals surface area contributed by atoms with Gasteiger partial charge in [0.15, 0.2) is 0 Å². The lowest BCUT2D eigenvalue weighted by Gasteiger charge is -2.08. The molecule has 0 atom stereocenters. The molecule has 0 unspecified atom stereocenters. The molecule has 0 spiro atoms. The zero-order valence-electron chi connectivity index (χ0n) is 9.38. The second-order valence-electron chi connectivity index (χ2n) is 4.00. The fourth-order valence-electron chi connectivity index (χ4n) is 1.93. The zero-order chi connectivity index (χ0) is 10.8. The third-order valence-electron chi connectivity index (χ3n) is 2.79. The molecule has 0 aromatic heterocycles. The summed E-state index contributed by atoms with van der Waals surface area (Å²) in [6.07, 6.45) is 1.07. The summed E-state index contributed by atoms with van der Waals surface area (Å²) in [4.78, 5) is 0. The van der Waals surface area contributed by atoms with Crippen LogP contribution in [-0.4, -0.2) is 0 Å². The van der Waals surface area contributed by atoms with Crippen LogP contribution in [0.1, 0.15) is 25.0 Å². The van der Waals surface area contributed by atoms with Crippen LogP contribution in [0, 0.1) is 0 Å². The maximum atomic E-state index is 4.05. The van der Waals surface area contributed by atoms with Gasteiger partial charge in [0.25, 0.3) is 0 Å². The topological polar surface area (TPSA) is 0 Å². The molecular formula is C15H16. The van der Waals surface area contributed by atoms with Gasteiger partial charge < -0.3 is 0 Å². The monoisotopic (exact) mass is 196 g/mol. The summed E-state index contributed by atoms with van der Waals surface area (Å²) >= 11 is 0. The zero-order valence-corrected chi connectivity index (χ0v) is 9.38. The van der Waals surface area contributed by atoms with E-state index in [0.29, 0.717) is 0 Å². The first-order chi connectivity index (χ1) is 7.22. The van der Waals surface area contributed by atoms with E-state index in [9.17, 15) is 0 Å². The fourth-order valence-corrected chi connectivity index (χ4v) is 1.93. The molecule has 2 aromatic carbocycles. The molecule has 76 valence electrons. The van der Waals surface area contributed by atoms with Gasteiger partial charge in [-0.3, -0.25) is 0 Å². The van der Waals surface area contributed by atoms with Crippen molar-refractivity contribution in [3.05, 3.63) is 54.1 Å². The van der Waals surface area contributed by atoms with Crippen molar-refractivity contribution in [2.45, 2.75) is 20.3 Å². The van der Waals surface area contributed by atoms with Gasteiger partial charge in [0.1, 0.15) is 0 Å². The second-order valence-corrected chi connectivity index (χ2v) is 4.00. The van der Waals surface area contributed by atoms with Crippen molar-refractivity contribution in [3.8, 4) is 0 Å². The Morgan fingerprint density at radius 3 is 2.60 bits per heavy atom. The molecule has 0 nitrogen and oxygen atoms in total. The Hall–Kier alpha value is -1.56. The third kappa shape index (κ3) is 1.80. The summed E-state index contributed by atoms with van der Waals surface area (Å²) in [7, 11) is 0. The number of rotatable bonds is 2. The van der Waals surface area contributed by atoms with Crippen molar-refractivity contribution in [2.24, 2.45) is 0 Å². The largest absolute Gasteiger partial charge is 0.0955 e. The highest BCUT2D eigenvalue weighted by molar-refractivity contribution is 5.93. The average Bonchev–Trinajstić information content (AvgIpc) is 2.27. The highest BCUT2D eigenvalue weighted by atomic mass is 14.1. The number of fused-ring (bicyclic) bond motifs is 1. The molecule has 0 bridgehead atoms. The summed E-state index contributed by atoms with van der Waals surface area (Å²) in [5.41, 5.74) is 3.80. The van der Waals surface area contributed by atoms with Crippen molar-refractivity contribution in [1.29, 1.82) is 0 Å². The van der Waals surface area contributed by atoms with Gasteiger partial charge in [-0.2, -0.15) is 0 Å². The quantitative estimate of drug-likeness (QED) is 0.666. The SMILES string of the molecule is C=C(C)c1cc(CC)cc2ccccc12. The Kier molecular flexibility index (Phi) is 2.59. The first-order valence-corrected chi connectivity index (χ1v) is 5.40. The standard InChI is InChI=1S/C15H16/c1-4-12-9-13-7-5-6-8-14(13)15(10-12)11(2)3/h5-10H,2,4H2,1,3H3. The normalized spacial score (nSPS) is 10.5. The minimum atomic E-state index is 1.07. The number of hydrogen-bond donors (Lipinski definition) is 0. The lowest BCUT2D eigenvalue weighted by Crippen LogP contribution is -1.87. The summed E-state index contributed by atoms with van der Waals surface area (Å²) in [6.45, 7) is 8.31. The number of hydrogen-bond acceptors (Lipinski definition) is 0. The predicted molar refractivity (Wildman–Crippen MR) is 68.0 cm³/mol. The molecule has 0 radical (unpaired) electrons. The van der Waals surface area contributed by atoms with E-state index in [1.165, 1.54) is 21.9 Å². The van der Waals surface area contributed by atoms with Gasteiger partial charge in [-0.05, 0) is 35.2 Å². The van der Waals surface area contributed by atoms with Gasteiger partial charge in [-0.25, -0.2) is 0 Å². The Balaban J connectivity index is 2.80. The molecule has 0 N–H and O–H groups in total. The van der Waals surface area contributed by atoms with Crippen molar-refractivity contribution >= 4 is 16.3 Å². The molecule has 2 rings (SSSR count). The van der Waals surface area contributed by atoms with E-state index in [-0.39, 0.29) is 0 Å². The van der Waals surface area contributed by atoms with Gasteiger partial charge in [0.05, 0.1) is 0 Å². The summed E-state index contributed by atoms with van der Waals surface area (Å²) in [5, 5.41) is 2.62. The summed E-state index contributed by atoms with van der Waals surface area (Å²) in [5.74, 6) is 0. The van der Waals surface area contributed by atoms with Crippen LogP contribution in [0.5, 0.6) is 0 Å². The second kappa shape index (κ2) is 3.90. The van der Waals surface area contributed by atoms with Gasteiger partial charge >= 0.3 is 0 Å². The molecule has 15 heavy (non-hydrogen) atoms. The third-order valence-corrected chi connectivity index (χ3v) is 2.79. The van der Waals surface area contributed by atoms with Gasteiger partial charge in [0, 0.05) is 0 Å². The van der Waals surface area contributed by atoms with Crippen LogP contribution in [0.3, 0.4) is 0 Å². The smallest absolute Gasteiger partial charge is 0.0109 e. The van der Waals surface area contributed by atoms with E-state index in [1.807, 2.05) is 0 Å². The Morgan fingerprint density at radius 2 is 1.93 bits per heavy atom. The maximum absolute atomic E-state index is 4.05. The van der Waals surface area contributed by atoms with Crippen molar-refractivity contribution in [2.75, 3.05) is 0 Å². The van der Waals surface area contributed by atoms with Crippen LogP contribution in [0.25, 0.3) is 16.3 Å². The minimum absolute atomic E-state index is 1.07. The van der Waals surface area contributed by atoms with Crippen LogP contribution < -0.4 is 0 Å². The Bertz CT molecular complexity index is 506. The molecule has 0 saturated carbocycles. The van der Waals surface area contributed by atoms with Gasteiger partial charge in [-0.1, -0.05) is 55.5 Å². The van der Waals surface area contributed by atoms with E-state index in [1.54, 1.807) is 0 Å². The highest BCUT2D eigenvalue weighted by Crippen LogP contribution is 2.26. The average molecular weight is 196 g/mol. The molecule has 0 amide bonds. The maximum Gasteiger partial charge on any atom is -0.0109 e. The predicted octanol–water partition coefficient (Wildman–Crippen LogP) is 4.44. The molecular weight excluding hydrogens is 180 g/mol.